The molecule has 0 radical (unpaired) electrons. The number of thiazole rings is 1. The molecule has 0 aliphatic heterocycles. The van der Waals surface area contributed by atoms with E-state index >= 15 is 0 Å². The molecule has 0 saturated carbocycles. The van der Waals surface area contributed by atoms with E-state index in [9.17, 15) is 13.2 Å². The zero-order chi connectivity index (χ0) is 12.3. The molecule has 0 atom stereocenters. The van der Waals surface area contributed by atoms with E-state index in [1.807, 2.05) is 0 Å². The summed E-state index contributed by atoms with van der Waals surface area (Å²) in [5.41, 5.74) is 0.547. The van der Waals surface area contributed by atoms with Gasteiger partial charge in [-0.25, -0.2) is 9.97 Å². The van der Waals surface area contributed by atoms with E-state index in [1.54, 1.807) is 5.38 Å². The number of aromatic amines is 1. The molecule has 9 heteroatoms. The van der Waals surface area contributed by atoms with Gasteiger partial charge in [0.15, 0.2) is 10.8 Å². The average molecular weight is 263 g/mol. The van der Waals surface area contributed by atoms with Crippen molar-refractivity contribution in [3.8, 4) is 10.8 Å². The molecular weight excluding hydrogens is 255 g/mol. The Kier molecular flexibility index (Phi) is 3.38. The van der Waals surface area contributed by atoms with Crippen LogP contribution >= 0.6 is 11.3 Å². The number of halogens is 3. The number of aromatic nitrogens is 4. The van der Waals surface area contributed by atoms with Crippen LogP contribution in [0.3, 0.4) is 0 Å². The van der Waals surface area contributed by atoms with Gasteiger partial charge in [0.2, 0.25) is 0 Å². The van der Waals surface area contributed by atoms with Gasteiger partial charge in [0.1, 0.15) is 6.33 Å². The minimum Gasteiger partial charge on any atom is -0.303 e. The quantitative estimate of drug-likeness (QED) is 0.879. The van der Waals surface area contributed by atoms with Gasteiger partial charge in [0.05, 0.1) is 12.2 Å². The summed E-state index contributed by atoms with van der Waals surface area (Å²) < 4.78 is 35.6. The van der Waals surface area contributed by atoms with E-state index in [-0.39, 0.29) is 6.54 Å². The van der Waals surface area contributed by atoms with E-state index in [1.165, 1.54) is 17.7 Å². The smallest absolute Gasteiger partial charge is 0.303 e. The van der Waals surface area contributed by atoms with Gasteiger partial charge in [-0.1, -0.05) is 0 Å². The Labute approximate surface area is 98.1 Å². The van der Waals surface area contributed by atoms with Gasteiger partial charge in [-0.15, -0.1) is 11.3 Å². The van der Waals surface area contributed by atoms with Gasteiger partial charge in [0, 0.05) is 11.9 Å². The van der Waals surface area contributed by atoms with Crippen molar-refractivity contribution >= 4 is 11.3 Å². The minimum absolute atomic E-state index is 0.0736. The van der Waals surface area contributed by atoms with E-state index in [4.69, 9.17) is 0 Å². The van der Waals surface area contributed by atoms with Crippen LogP contribution in [0.2, 0.25) is 0 Å². The third kappa shape index (κ3) is 3.49. The molecule has 2 N–H and O–H groups in total. The molecule has 0 fully saturated rings. The average Bonchev–Trinajstić information content (AvgIpc) is 2.83. The molecule has 0 amide bonds. The summed E-state index contributed by atoms with van der Waals surface area (Å²) in [6.45, 7) is -0.952. The second-order valence-corrected chi connectivity index (χ2v) is 4.05. The summed E-state index contributed by atoms with van der Waals surface area (Å²) >= 11 is 1.30. The molecule has 0 unspecified atom stereocenters. The highest BCUT2D eigenvalue weighted by Gasteiger charge is 2.26. The normalized spacial score (nSPS) is 11.9. The Morgan fingerprint density at radius 3 is 2.88 bits per heavy atom. The maximum Gasteiger partial charge on any atom is 0.401 e. The van der Waals surface area contributed by atoms with Crippen LogP contribution in [0.25, 0.3) is 10.8 Å². The molecule has 2 aromatic heterocycles. The molecule has 0 spiro atoms. The zero-order valence-electron chi connectivity index (χ0n) is 8.45. The van der Waals surface area contributed by atoms with Gasteiger partial charge in [-0.2, -0.15) is 18.3 Å². The van der Waals surface area contributed by atoms with Crippen molar-refractivity contribution in [1.82, 2.24) is 25.5 Å². The monoisotopic (exact) mass is 263 g/mol. The highest BCUT2D eigenvalue weighted by atomic mass is 32.1. The van der Waals surface area contributed by atoms with Crippen LogP contribution < -0.4 is 5.32 Å². The lowest BCUT2D eigenvalue weighted by Crippen LogP contribution is -2.28. The molecule has 2 rings (SSSR count). The molecule has 2 heterocycles. The first-order valence-electron chi connectivity index (χ1n) is 4.62. The lowest BCUT2D eigenvalue weighted by atomic mass is 10.4. The Balaban J connectivity index is 1.91. The predicted molar refractivity (Wildman–Crippen MR) is 55.3 cm³/mol. The molecule has 0 aliphatic rings. The summed E-state index contributed by atoms with van der Waals surface area (Å²) in [6.07, 6.45) is -2.86. The van der Waals surface area contributed by atoms with Crippen LogP contribution in [0.4, 0.5) is 13.2 Å². The lowest BCUT2D eigenvalue weighted by molar-refractivity contribution is -0.125. The second-order valence-electron chi connectivity index (χ2n) is 3.20. The first-order valence-corrected chi connectivity index (χ1v) is 5.50. The number of hydrogen-bond acceptors (Lipinski definition) is 5. The topological polar surface area (TPSA) is 66.5 Å². The molecule has 5 nitrogen and oxygen atoms in total. The van der Waals surface area contributed by atoms with Crippen LogP contribution in [0, 0.1) is 0 Å². The lowest BCUT2D eigenvalue weighted by Gasteiger charge is -2.06. The van der Waals surface area contributed by atoms with Crippen LogP contribution in [0.5, 0.6) is 0 Å². The number of H-pyrrole nitrogens is 1. The number of hydrogen-bond donors (Lipinski definition) is 2. The third-order valence-electron chi connectivity index (χ3n) is 1.80. The Morgan fingerprint density at radius 2 is 2.24 bits per heavy atom. The summed E-state index contributed by atoms with van der Waals surface area (Å²) in [5, 5.41) is 10.9. The van der Waals surface area contributed by atoms with E-state index in [0.29, 0.717) is 16.5 Å². The van der Waals surface area contributed by atoms with Crippen molar-refractivity contribution in [2.45, 2.75) is 12.7 Å². The fourth-order valence-electron chi connectivity index (χ4n) is 1.14. The molecular formula is C8H8F3N5S. The van der Waals surface area contributed by atoms with Crippen molar-refractivity contribution in [1.29, 1.82) is 0 Å². The molecule has 0 saturated heterocycles. The first kappa shape index (κ1) is 12.0. The van der Waals surface area contributed by atoms with Crippen molar-refractivity contribution in [2.24, 2.45) is 0 Å². The Morgan fingerprint density at radius 1 is 1.41 bits per heavy atom. The van der Waals surface area contributed by atoms with Crippen LogP contribution in [-0.4, -0.2) is 32.9 Å². The summed E-state index contributed by atoms with van der Waals surface area (Å²) in [7, 11) is 0. The summed E-state index contributed by atoms with van der Waals surface area (Å²) in [6, 6.07) is 0. The van der Waals surface area contributed by atoms with Crippen LogP contribution in [-0.2, 0) is 6.54 Å². The maximum atomic E-state index is 11.9. The Bertz CT molecular complexity index is 464. The van der Waals surface area contributed by atoms with E-state index in [2.05, 4.69) is 25.5 Å². The summed E-state index contributed by atoms with van der Waals surface area (Å²) in [4.78, 5) is 8.03. The molecule has 0 aliphatic carbocycles. The van der Waals surface area contributed by atoms with Crippen molar-refractivity contribution in [3.63, 3.8) is 0 Å². The number of nitrogens with one attached hydrogen (secondary N) is 2. The van der Waals surface area contributed by atoms with E-state index in [0.717, 1.165) is 0 Å². The highest BCUT2D eigenvalue weighted by Crippen LogP contribution is 2.19. The fraction of sp³-hybridized carbons (Fsp3) is 0.375. The fourth-order valence-corrected chi connectivity index (χ4v) is 1.90. The standard InChI is InChI=1S/C8H8F3N5S/c9-8(10,11)3-12-1-5-2-17-7(15-5)6-13-4-14-16-6/h2,4,12H,1,3H2,(H,13,14,16). The van der Waals surface area contributed by atoms with Gasteiger partial charge in [0.25, 0.3) is 0 Å². The molecule has 17 heavy (non-hydrogen) atoms. The number of nitrogens with zero attached hydrogens (tertiary/aromatic N) is 3. The van der Waals surface area contributed by atoms with Crippen molar-refractivity contribution in [2.75, 3.05) is 6.54 Å². The third-order valence-corrected chi connectivity index (χ3v) is 2.70. The SMILES string of the molecule is FC(F)(F)CNCc1csc(-c2ncn[nH]2)n1. The van der Waals surface area contributed by atoms with Gasteiger partial charge < -0.3 is 5.32 Å². The largest absolute Gasteiger partial charge is 0.401 e. The van der Waals surface area contributed by atoms with Gasteiger partial charge in [-0.3, -0.25) is 5.10 Å². The molecule has 0 bridgehead atoms. The highest BCUT2D eigenvalue weighted by molar-refractivity contribution is 7.13. The first-order chi connectivity index (χ1) is 8.04. The number of alkyl halides is 3. The zero-order valence-corrected chi connectivity index (χ0v) is 9.27. The predicted octanol–water partition coefficient (Wildman–Crippen LogP) is 1.58. The van der Waals surface area contributed by atoms with Gasteiger partial charge >= 0.3 is 6.18 Å². The van der Waals surface area contributed by atoms with Crippen LogP contribution in [0.15, 0.2) is 11.7 Å². The van der Waals surface area contributed by atoms with E-state index < -0.39 is 12.7 Å². The van der Waals surface area contributed by atoms with Gasteiger partial charge in [-0.05, 0) is 0 Å². The number of rotatable bonds is 4. The van der Waals surface area contributed by atoms with Crippen molar-refractivity contribution < 1.29 is 13.2 Å². The molecule has 2 aromatic rings. The summed E-state index contributed by atoms with van der Waals surface area (Å²) in [5.74, 6) is 0.511. The minimum atomic E-state index is -4.20. The second kappa shape index (κ2) is 4.80. The maximum absolute atomic E-state index is 11.9. The van der Waals surface area contributed by atoms with Crippen LogP contribution in [0.1, 0.15) is 5.69 Å². The van der Waals surface area contributed by atoms with Crippen molar-refractivity contribution in [3.05, 3.63) is 17.4 Å². The Hall–Kier alpha value is -1.48. The molecule has 92 valence electrons. The molecule has 0 aromatic carbocycles.